The number of hydrogen-bond acceptors (Lipinski definition) is 4. The first-order valence-corrected chi connectivity index (χ1v) is 7.27. The number of rotatable bonds is 6. The van der Waals surface area contributed by atoms with Crippen molar-refractivity contribution in [1.29, 1.82) is 0 Å². The molecule has 0 amide bonds. The molecule has 0 aromatic carbocycles. The van der Waals surface area contributed by atoms with Crippen molar-refractivity contribution in [3.63, 3.8) is 0 Å². The van der Waals surface area contributed by atoms with Crippen LogP contribution >= 0.6 is 11.3 Å². The van der Waals surface area contributed by atoms with E-state index < -0.39 is 0 Å². The number of nitrogens with one attached hydrogen (secondary N) is 1. The van der Waals surface area contributed by atoms with Crippen LogP contribution in [0.5, 0.6) is 0 Å². The molecular weight excluding hydrogens is 244 g/mol. The molecule has 2 aromatic heterocycles. The molecule has 18 heavy (non-hydrogen) atoms. The normalized spacial score (nSPS) is 12.8. The molecule has 1 N–H and O–H groups in total. The lowest BCUT2D eigenvalue weighted by Gasteiger charge is -2.16. The van der Waals surface area contributed by atoms with Gasteiger partial charge in [0, 0.05) is 29.1 Å². The van der Waals surface area contributed by atoms with E-state index in [2.05, 4.69) is 28.7 Å². The Morgan fingerprint density at radius 3 is 2.83 bits per heavy atom. The highest BCUT2D eigenvalue weighted by Gasteiger charge is 2.17. The molecule has 98 valence electrons. The highest BCUT2D eigenvalue weighted by atomic mass is 32.1. The van der Waals surface area contributed by atoms with Crippen LogP contribution in [0.25, 0.3) is 0 Å². The SMILES string of the molecule is CCCNC(Cc1nc(C)cs1)c1ccoc1C. The number of nitrogens with zero attached hydrogens (tertiary/aromatic N) is 1. The van der Waals surface area contributed by atoms with E-state index in [-0.39, 0.29) is 0 Å². The van der Waals surface area contributed by atoms with Crippen LogP contribution in [0.2, 0.25) is 0 Å². The standard InChI is InChI=1S/C14H20N2OS/c1-4-6-15-13(12-5-7-17-11(12)3)8-14-16-10(2)9-18-14/h5,7,9,13,15H,4,6,8H2,1-3H3. The average molecular weight is 264 g/mol. The van der Waals surface area contributed by atoms with Crippen LogP contribution in [0.4, 0.5) is 0 Å². The Morgan fingerprint density at radius 1 is 1.44 bits per heavy atom. The van der Waals surface area contributed by atoms with Gasteiger partial charge in [0.2, 0.25) is 0 Å². The molecule has 4 heteroatoms. The Hall–Kier alpha value is -1.13. The van der Waals surface area contributed by atoms with Crippen molar-refractivity contribution >= 4 is 11.3 Å². The molecule has 1 unspecified atom stereocenters. The lowest BCUT2D eigenvalue weighted by Crippen LogP contribution is -2.24. The molecular formula is C14H20N2OS. The second-order valence-electron chi connectivity index (χ2n) is 4.53. The van der Waals surface area contributed by atoms with Crippen LogP contribution in [0.1, 0.15) is 41.4 Å². The number of aromatic nitrogens is 1. The van der Waals surface area contributed by atoms with E-state index >= 15 is 0 Å². The minimum absolute atomic E-state index is 0.300. The Morgan fingerprint density at radius 2 is 2.28 bits per heavy atom. The summed E-state index contributed by atoms with van der Waals surface area (Å²) < 4.78 is 5.41. The van der Waals surface area contributed by atoms with Gasteiger partial charge in [-0.15, -0.1) is 11.3 Å². The van der Waals surface area contributed by atoms with Crippen molar-refractivity contribution in [2.45, 2.75) is 39.7 Å². The predicted octanol–water partition coefficient (Wildman–Crippen LogP) is 3.64. The number of furan rings is 1. The first-order chi connectivity index (χ1) is 8.70. The molecule has 0 aliphatic heterocycles. The van der Waals surface area contributed by atoms with E-state index in [0.717, 1.165) is 30.8 Å². The van der Waals surface area contributed by atoms with Crippen molar-refractivity contribution in [3.05, 3.63) is 39.7 Å². The van der Waals surface area contributed by atoms with Crippen LogP contribution in [0, 0.1) is 13.8 Å². The molecule has 0 bridgehead atoms. The highest BCUT2D eigenvalue weighted by molar-refractivity contribution is 7.09. The monoisotopic (exact) mass is 264 g/mol. The number of hydrogen-bond donors (Lipinski definition) is 1. The van der Waals surface area contributed by atoms with Gasteiger partial charge in [0.1, 0.15) is 5.76 Å². The molecule has 0 aliphatic rings. The summed E-state index contributed by atoms with van der Waals surface area (Å²) in [6.45, 7) is 7.25. The Kier molecular flexibility index (Phi) is 4.55. The predicted molar refractivity (Wildman–Crippen MR) is 75.0 cm³/mol. The van der Waals surface area contributed by atoms with Gasteiger partial charge >= 0.3 is 0 Å². The summed E-state index contributed by atoms with van der Waals surface area (Å²) in [6.07, 6.45) is 3.82. The van der Waals surface area contributed by atoms with Crippen molar-refractivity contribution < 1.29 is 4.42 Å². The van der Waals surface area contributed by atoms with Crippen LogP contribution in [0.3, 0.4) is 0 Å². The minimum Gasteiger partial charge on any atom is -0.469 e. The Balaban J connectivity index is 2.12. The van der Waals surface area contributed by atoms with Gasteiger partial charge in [-0.05, 0) is 32.9 Å². The lowest BCUT2D eigenvalue weighted by atomic mass is 10.0. The van der Waals surface area contributed by atoms with Gasteiger partial charge in [0.15, 0.2) is 0 Å². The fourth-order valence-electron chi connectivity index (χ4n) is 2.04. The first kappa shape index (κ1) is 13.3. The van der Waals surface area contributed by atoms with Crippen LogP contribution in [-0.2, 0) is 6.42 Å². The van der Waals surface area contributed by atoms with Crippen molar-refractivity contribution in [2.75, 3.05) is 6.54 Å². The van der Waals surface area contributed by atoms with Crippen LogP contribution in [0.15, 0.2) is 22.1 Å². The summed E-state index contributed by atoms with van der Waals surface area (Å²) in [5.74, 6) is 0.997. The van der Waals surface area contributed by atoms with Crippen LogP contribution < -0.4 is 5.32 Å². The molecule has 0 fully saturated rings. The minimum atomic E-state index is 0.300. The van der Waals surface area contributed by atoms with Crippen molar-refractivity contribution in [3.8, 4) is 0 Å². The van der Waals surface area contributed by atoms with E-state index in [1.165, 1.54) is 10.6 Å². The van der Waals surface area contributed by atoms with E-state index in [1.54, 1.807) is 17.6 Å². The second-order valence-corrected chi connectivity index (χ2v) is 5.47. The lowest BCUT2D eigenvalue weighted by molar-refractivity contribution is 0.493. The summed E-state index contributed by atoms with van der Waals surface area (Å²) in [6, 6.07) is 2.36. The molecule has 3 nitrogen and oxygen atoms in total. The fraction of sp³-hybridized carbons (Fsp3) is 0.500. The molecule has 0 radical (unpaired) electrons. The molecule has 2 aromatic rings. The number of thiazole rings is 1. The number of aryl methyl sites for hydroxylation is 2. The molecule has 0 saturated carbocycles. The van der Waals surface area contributed by atoms with Crippen molar-refractivity contribution in [2.24, 2.45) is 0 Å². The zero-order chi connectivity index (χ0) is 13.0. The Labute approximate surface area is 112 Å². The third-order valence-electron chi connectivity index (χ3n) is 2.96. The first-order valence-electron chi connectivity index (χ1n) is 6.39. The van der Waals surface area contributed by atoms with Gasteiger partial charge in [-0.2, -0.15) is 0 Å². The van der Waals surface area contributed by atoms with Gasteiger partial charge in [-0.3, -0.25) is 0 Å². The van der Waals surface area contributed by atoms with Gasteiger partial charge in [-0.1, -0.05) is 6.92 Å². The fourth-order valence-corrected chi connectivity index (χ4v) is 2.86. The topological polar surface area (TPSA) is 38.1 Å². The van der Waals surface area contributed by atoms with Crippen LogP contribution in [-0.4, -0.2) is 11.5 Å². The van der Waals surface area contributed by atoms with E-state index in [1.807, 2.05) is 13.8 Å². The molecule has 2 rings (SSSR count). The third-order valence-corrected chi connectivity index (χ3v) is 3.95. The smallest absolute Gasteiger partial charge is 0.105 e. The maximum absolute atomic E-state index is 5.41. The molecule has 1 atom stereocenters. The second kappa shape index (κ2) is 6.16. The summed E-state index contributed by atoms with van der Waals surface area (Å²) in [5, 5.41) is 6.86. The van der Waals surface area contributed by atoms with E-state index in [0.29, 0.717) is 6.04 Å². The largest absolute Gasteiger partial charge is 0.469 e. The van der Waals surface area contributed by atoms with E-state index in [4.69, 9.17) is 4.42 Å². The molecule has 0 aliphatic carbocycles. The third kappa shape index (κ3) is 3.21. The molecule has 0 spiro atoms. The highest BCUT2D eigenvalue weighted by Crippen LogP contribution is 2.24. The zero-order valence-corrected chi connectivity index (χ0v) is 12.0. The summed E-state index contributed by atoms with van der Waals surface area (Å²) >= 11 is 1.73. The summed E-state index contributed by atoms with van der Waals surface area (Å²) in [4.78, 5) is 4.55. The summed E-state index contributed by atoms with van der Waals surface area (Å²) in [7, 11) is 0. The maximum Gasteiger partial charge on any atom is 0.105 e. The van der Waals surface area contributed by atoms with Crippen molar-refractivity contribution in [1.82, 2.24) is 10.3 Å². The summed E-state index contributed by atoms with van der Waals surface area (Å²) in [5.41, 5.74) is 2.35. The van der Waals surface area contributed by atoms with Gasteiger partial charge in [0.05, 0.1) is 11.3 Å². The Bertz CT molecular complexity index is 489. The van der Waals surface area contributed by atoms with Gasteiger partial charge < -0.3 is 9.73 Å². The van der Waals surface area contributed by atoms with E-state index in [9.17, 15) is 0 Å². The quantitative estimate of drug-likeness (QED) is 0.865. The molecule has 0 saturated heterocycles. The average Bonchev–Trinajstić information content (AvgIpc) is 2.93. The van der Waals surface area contributed by atoms with Gasteiger partial charge in [0.25, 0.3) is 0 Å². The van der Waals surface area contributed by atoms with Gasteiger partial charge in [-0.25, -0.2) is 4.98 Å². The molecule has 2 heterocycles. The maximum atomic E-state index is 5.41. The zero-order valence-electron chi connectivity index (χ0n) is 11.2.